The fourth-order valence-electron chi connectivity index (χ4n) is 3.56. The van der Waals surface area contributed by atoms with Crippen LogP contribution in [0.4, 0.5) is 9.59 Å². The lowest BCUT2D eigenvalue weighted by Gasteiger charge is -2.32. The second-order valence-corrected chi connectivity index (χ2v) is 9.37. The van der Waals surface area contributed by atoms with Crippen molar-refractivity contribution in [3.8, 4) is 0 Å². The zero-order valence-electron chi connectivity index (χ0n) is 23.4. The lowest BCUT2D eigenvalue weighted by atomic mass is 9.90. The van der Waals surface area contributed by atoms with Crippen LogP contribution in [0.5, 0.6) is 0 Å². The number of carbonyl (C=O) groups excluding carboxylic acids is 4. The summed E-state index contributed by atoms with van der Waals surface area (Å²) in [6.45, 7) is 10.3. The van der Waals surface area contributed by atoms with Gasteiger partial charge in [0.05, 0.1) is 31.7 Å². The maximum Gasteiger partial charge on any atom is 0.333 e. The van der Waals surface area contributed by atoms with Crippen molar-refractivity contribution in [2.24, 2.45) is 0 Å². The Morgan fingerprint density at radius 1 is 0.825 bits per heavy atom. The standard InChI is InChI=1S/C26H44N4O10/c1-17(2)23(33)39-15-13-37-21(31)9-11-27-25(35)29-19-7-5-6-8-20(19)30-26(36)28-12-10-22(32)38-14-16-40-24(34)18(3)4/h19-21,23,31,33H,1,3,5-16H2,2,4H3,(H2,27,29,35)(H2,28,30,36). The van der Waals surface area contributed by atoms with Crippen molar-refractivity contribution in [2.75, 3.05) is 39.5 Å². The highest BCUT2D eigenvalue weighted by Crippen LogP contribution is 2.18. The molecule has 0 heterocycles. The number of aliphatic hydroxyl groups excluding tert-OH is 2. The average Bonchev–Trinajstić information content (AvgIpc) is 2.89. The molecule has 228 valence electrons. The van der Waals surface area contributed by atoms with Gasteiger partial charge in [-0.05, 0) is 32.3 Å². The molecule has 0 saturated heterocycles. The third-order valence-corrected chi connectivity index (χ3v) is 5.71. The zero-order chi connectivity index (χ0) is 29.9. The van der Waals surface area contributed by atoms with E-state index in [2.05, 4.69) is 34.4 Å². The number of hydrogen-bond donors (Lipinski definition) is 6. The van der Waals surface area contributed by atoms with E-state index in [4.69, 9.17) is 18.9 Å². The van der Waals surface area contributed by atoms with E-state index in [1.54, 1.807) is 6.92 Å². The Balaban J connectivity index is 2.23. The van der Waals surface area contributed by atoms with Crippen LogP contribution in [-0.4, -0.2) is 98.4 Å². The fraction of sp³-hybridized carbons (Fsp3) is 0.692. The van der Waals surface area contributed by atoms with E-state index in [1.165, 1.54) is 6.92 Å². The number of amides is 4. The topological polar surface area (TPSA) is 194 Å². The van der Waals surface area contributed by atoms with Crippen molar-refractivity contribution in [1.82, 2.24) is 21.3 Å². The van der Waals surface area contributed by atoms with Crippen LogP contribution in [0.1, 0.15) is 52.4 Å². The molecule has 1 aliphatic rings. The summed E-state index contributed by atoms with van der Waals surface area (Å²) in [5.74, 6) is -1.11. The zero-order valence-corrected chi connectivity index (χ0v) is 23.4. The number of carbonyl (C=O) groups is 4. The lowest BCUT2D eigenvalue weighted by molar-refractivity contribution is -0.150. The van der Waals surface area contributed by atoms with Gasteiger partial charge in [0.2, 0.25) is 0 Å². The normalized spacial score (nSPS) is 18.0. The number of nitrogens with one attached hydrogen (secondary N) is 4. The van der Waals surface area contributed by atoms with Gasteiger partial charge < -0.3 is 50.4 Å². The van der Waals surface area contributed by atoms with E-state index in [0.717, 1.165) is 12.8 Å². The second-order valence-electron chi connectivity index (χ2n) is 9.37. The molecule has 0 aromatic rings. The first-order chi connectivity index (χ1) is 19.0. The van der Waals surface area contributed by atoms with E-state index in [9.17, 15) is 29.4 Å². The minimum Gasteiger partial charge on any atom is -0.462 e. The number of aliphatic hydroxyl groups is 2. The third kappa shape index (κ3) is 16.0. The summed E-state index contributed by atoms with van der Waals surface area (Å²) in [5, 5.41) is 30.3. The van der Waals surface area contributed by atoms with Crippen LogP contribution in [0.25, 0.3) is 0 Å². The molecular weight excluding hydrogens is 528 g/mol. The Morgan fingerprint density at radius 2 is 1.38 bits per heavy atom. The Kier molecular flexibility index (Phi) is 17.2. The highest BCUT2D eigenvalue weighted by atomic mass is 16.6. The maximum atomic E-state index is 12.3. The van der Waals surface area contributed by atoms with Crippen LogP contribution in [0.3, 0.4) is 0 Å². The van der Waals surface area contributed by atoms with Gasteiger partial charge in [0.1, 0.15) is 13.2 Å². The van der Waals surface area contributed by atoms with Crippen LogP contribution in [0, 0.1) is 0 Å². The van der Waals surface area contributed by atoms with Gasteiger partial charge in [-0.2, -0.15) is 0 Å². The van der Waals surface area contributed by atoms with Crippen molar-refractivity contribution in [3.63, 3.8) is 0 Å². The summed E-state index contributed by atoms with van der Waals surface area (Å²) in [5.41, 5.74) is 0.709. The summed E-state index contributed by atoms with van der Waals surface area (Å²) in [4.78, 5) is 47.7. The van der Waals surface area contributed by atoms with Crippen LogP contribution >= 0.6 is 0 Å². The number of urea groups is 2. The maximum absolute atomic E-state index is 12.3. The molecule has 0 radical (unpaired) electrons. The van der Waals surface area contributed by atoms with E-state index in [0.29, 0.717) is 18.4 Å². The Morgan fingerprint density at radius 3 is 1.95 bits per heavy atom. The summed E-state index contributed by atoms with van der Waals surface area (Å²) in [6, 6.07) is -1.49. The van der Waals surface area contributed by atoms with Crippen molar-refractivity contribution in [2.45, 2.75) is 77.0 Å². The molecule has 14 heteroatoms. The predicted octanol–water partition coefficient (Wildman–Crippen LogP) is 0.585. The highest BCUT2D eigenvalue weighted by molar-refractivity contribution is 5.86. The molecule has 40 heavy (non-hydrogen) atoms. The van der Waals surface area contributed by atoms with Crippen LogP contribution in [0.2, 0.25) is 0 Å². The first kappa shape index (κ1) is 34.8. The van der Waals surface area contributed by atoms with Gasteiger partial charge in [-0.25, -0.2) is 14.4 Å². The van der Waals surface area contributed by atoms with Crippen molar-refractivity contribution >= 4 is 24.0 Å². The molecule has 4 amide bonds. The summed E-state index contributed by atoms with van der Waals surface area (Å²) in [6.07, 6.45) is 1.03. The summed E-state index contributed by atoms with van der Waals surface area (Å²) < 4.78 is 20.0. The van der Waals surface area contributed by atoms with Gasteiger partial charge in [0.25, 0.3) is 0 Å². The Labute approximate surface area is 234 Å². The minimum atomic E-state index is -1.12. The molecular formula is C26H44N4O10. The molecule has 4 atom stereocenters. The van der Waals surface area contributed by atoms with E-state index in [1.807, 2.05) is 0 Å². The molecule has 0 bridgehead atoms. The Hall–Kier alpha value is -3.20. The first-order valence-electron chi connectivity index (χ1n) is 13.3. The van der Waals surface area contributed by atoms with E-state index >= 15 is 0 Å². The van der Waals surface area contributed by atoms with Crippen molar-refractivity contribution < 1.29 is 48.3 Å². The van der Waals surface area contributed by atoms with E-state index < -0.39 is 36.6 Å². The molecule has 1 aliphatic carbocycles. The molecule has 14 nitrogen and oxygen atoms in total. The van der Waals surface area contributed by atoms with Crippen LogP contribution < -0.4 is 21.3 Å². The van der Waals surface area contributed by atoms with Gasteiger partial charge >= 0.3 is 24.0 Å². The van der Waals surface area contributed by atoms with Gasteiger partial charge in [0, 0.05) is 25.1 Å². The quantitative estimate of drug-likeness (QED) is 0.0445. The number of rotatable bonds is 18. The molecule has 1 saturated carbocycles. The molecule has 0 aliphatic heterocycles. The molecule has 0 aromatic carbocycles. The monoisotopic (exact) mass is 572 g/mol. The number of ether oxygens (including phenoxy) is 4. The van der Waals surface area contributed by atoms with Gasteiger partial charge in [-0.3, -0.25) is 4.79 Å². The van der Waals surface area contributed by atoms with Crippen molar-refractivity contribution in [3.05, 3.63) is 24.3 Å². The minimum absolute atomic E-state index is 0.0481. The van der Waals surface area contributed by atoms with Gasteiger partial charge in [0.15, 0.2) is 12.6 Å². The first-order valence-corrected chi connectivity index (χ1v) is 13.3. The summed E-state index contributed by atoms with van der Waals surface area (Å²) >= 11 is 0. The second kappa shape index (κ2) is 19.8. The average molecular weight is 573 g/mol. The molecule has 6 N–H and O–H groups in total. The SMILES string of the molecule is C=C(C)C(=O)OCCOC(=O)CCNC(=O)NC1CCCCC1NC(=O)NCCC(O)OCCOC(O)C(=C)C. The highest BCUT2D eigenvalue weighted by Gasteiger charge is 2.27. The molecule has 0 spiro atoms. The van der Waals surface area contributed by atoms with Gasteiger partial charge in [-0.1, -0.05) is 26.0 Å². The van der Waals surface area contributed by atoms with E-state index in [-0.39, 0.29) is 70.0 Å². The molecule has 0 aromatic heterocycles. The fourth-order valence-corrected chi connectivity index (χ4v) is 3.56. The number of esters is 2. The lowest BCUT2D eigenvalue weighted by Crippen LogP contribution is -2.56. The molecule has 1 fully saturated rings. The van der Waals surface area contributed by atoms with Gasteiger partial charge in [-0.15, -0.1) is 0 Å². The van der Waals surface area contributed by atoms with Crippen molar-refractivity contribution in [1.29, 1.82) is 0 Å². The third-order valence-electron chi connectivity index (χ3n) is 5.71. The largest absolute Gasteiger partial charge is 0.462 e. The molecule has 1 rings (SSSR count). The van der Waals surface area contributed by atoms with Crippen LogP contribution in [-0.2, 0) is 28.5 Å². The Bertz CT molecular complexity index is 853. The molecule has 4 unspecified atom stereocenters. The summed E-state index contributed by atoms with van der Waals surface area (Å²) in [7, 11) is 0. The van der Waals surface area contributed by atoms with Crippen LogP contribution in [0.15, 0.2) is 24.3 Å². The number of hydrogen-bond acceptors (Lipinski definition) is 10. The smallest absolute Gasteiger partial charge is 0.333 e. The predicted molar refractivity (Wildman–Crippen MR) is 144 cm³/mol.